The fraction of sp³-hybridized carbons (Fsp3) is 0.400. The van der Waals surface area contributed by atoms with E-state index in [2.05, 4.69) is 17.2 Å². The summed E-state index contributed by atoms with van der Waals surface area (Å²) in [5, 5.41) is 6.29. The van der Waals surface area contributed by atoms with Crippen LogP contribution in [0.5, 0.6) is 0 Å². The Labute approximate surface area is 131 Å². The summed E-state index contributed by atoms with van der Waals surface area (Å²) in [7, 11) is -0.741. The number of nitrogens with one attached hydrogen (secondary N) is 1. The Bertz CT molecular complexity index is 598. The van der Waals surface area contributed by atoms with Crippen molar-refractivity contribution >= 4 is 22.1 Å². The maximum atomic E-state index is 12.9. The summed E-state index contributed by atoms with van der Waals surface area (Å²) in [5.74, 6) is 0.478. The van der Waals surface area contributed by atoms with Gasteiger partial charge in [-0.25, -0.2) is 9.37 Å². The molecule has 0 amide bonds. The number of nitrogens with zero attached hydrogens (tertiary/aromatic N) is 1. The maximum absolute atomic E-state index is 12.9. The fourth-order valence-electron chi connectivity index (χ4n) is 1.84. The van der Waals surface area contributed by atoms with Crippen LogP contribution in [0.25, 0.3) is 10.6 Å². The fourth-order valence-corrected chi connectivity index (χ4v) is 3.35. The van der Waals surface area contributed by atoms with Crippen molar-refractivity contribution in [3.05, 3.63) is 41.2 Å². The number of benzene rings is 1. The summed E-state index contributed by atoms with van der Waals surface area (Å²) in [4.78, 5) is 4.55. The van der Waals surface area contributed by atoms with Gasteiger partial charge in [0.25, 0.3) is 0 Å². The third kappa shape index (κ3) is 5.30. The molecule has 0 aliphatic carbocycles. The van der Waals surface area contributed by atoms with Gasteiger partial charge in [0.05, 0.1) is 5.69 Å². The smallest absolute Gasteiger partial charge is 0.123 e. The third-order valence-electron chi connectivity index (χ3n) is 3.11. The summed E-state index contributed by atoms with van der Waals surface area (Å²) in [6.45, 7) is 2.77. The van der Waals surface area contributed by atoms with Crippen molar-refractivity contribution in [3.63, 3.8) is 0 Å². The van der Waals surface area contributed by atoms with Crippen LogP contribution in [0.4, 0.5) is 4.39 Å². The van der Waals surface area contributed by atoms with Gasteiger partial charge in [0.1, 0.15) is 10.8 Å². The Morgan fingerprint density at radius 3 is 2.76 bits per heavy atom. The third-order valence-corrected chi connectivity index (χ3v) is 4.86. The maximum Gasteiger partial charge on any atom is 0.123 e. The van der Waals surface area contributed by atoms with Crippen molar-refractivity contribution < 1.29 is 8.60 Å². The predicted octanol–water partition coefficient (Wildman–Crippen LogP) is 3.20. The molecule has 2 atom stereocenters. The molecule has 1 aromatic carbocycles. The molecule has 0 aliphatic rings. The van der Waals surface area contributed by atoms with Crippen molar-refractivity contribution in [3.8, 4) is 10.6 Å². The molecule has 0 spiro atoms. The van der Waals surface area contributed by atoms with Gasteiger partial charge in [0.2, 0.25) is 0 Å². The summed E-state index contributed by atoms with van der Waals surface area (Å²) in [5.41, 5.74) is 1.91. The van der Waals surface area contributed by atoms with E-state index in [1.165, 1.54) is 12.1 Å². The molecule has 114 valence electrons. The molecule has 0 aliphatic heterocycles. The zero-order valence-electron chi connectivity index (χ0n) is 12.1. The first-order chi connectivity index (χ1) is 10.0. The van der Waals surface area contributed by atoms with Gasteiger partial charge in [-0.1, -0.05) is 0 Å². The summed E-state index contributed by atoms with van der Waals surface area (Å²) in [6, 6.07) is 6.68. The van der Waals surface area contributed by atoms with Crippen LogP contribution in [0.2, 0.25) is 0 Å². The van der Waals surface area contributed by atoms with Gasteiger partial charge >= 0.3 is 0 Å². The van der Waals surface area contributed by atoms with Gasteiger partial charge in [-0.05, 0) is 37.6 Å². The van der Waals surface area contributed by atoms with Crippen LogP contribution in [-0.2, 0) is 17.3 Å². The van der Waals surface area contributed by atoms with Gasteiger partial charge in [-0.2, -0.15) is 0 Å². The lowest BCUT2D eigenvalue weighted by Gasteiger charge is -2.11. The molecule has 1 heterocycles. The SMILES string of the molecule is CC(CCS(C)=O)NCc1csc(-c2ccc(F)cc2)n1. The van der Waals surface area contributed by atoms with Crippen LogP contribution >= 0.6 is 11.3 Å². The Morgan fingerprint density at radius 1 is 1.38 bits per heavy atom. The average molecular weight is 326 g/mol. The number of hydrogen-bond donors (Lipinski definition) is 1. The minimum absolute atomic E-state index is 0.237. The lowest BCUT2D eigenvalue weighted by molar-refractivity contribution is 0.531. The Balaban J connectivity index is 1.88. The largest absolute Gasteiger partial charge is 0.309 e. The molecular weight excluding hydrogens is 307 g/mol. The van der Waals surface area contributed by atoms with E-state index in [0.717, 1.165) is 22.7 Å². The van der Waals surface area contributed by atoms with Crippen molar-refractivity contribution in [1.29, 1.82) is 0 Å². The summed E-state index contributed by atoms with van der Waals surface area (Å²) in [6.07, 6.45) is 2.61. The molecular formula is C15H19FN2OS2. The highest BCUT2D eigenvalue weighted by molar-refractivity contribution is 7.84. The van der Waals surface area contributed by atoms with Gasteiger partial charge in [0, 0.05) is 46.3 Å². The zero-order chi connectivity index (χ0) is 15.2. The van der Waals surface area contributed by atoms with Crippen molar-refractivity contribution in [1.82, 2.24) is 10.3 Å². The number of halogens is 1. The van der Waals surface area contributed by atoms with Crippen LogP contribution in [0.3, 0.4) is 0 Å². The average Bonchev–Trinajstić information content (AvgIpc) is 2.92. The van der Waals surface area contributed by atoms with Gasteiger partial charge < -0.3 is 5.32 Å². The minimum atomic E-state index is -0.741. The highest BCUT2D eigenvalue weighted by Gasteiger charge is 2.07. The van der Waals surface area contributed by atoms with Crippen LogP contribution in [-0.4, -0.2) is 27.2 Å². The molecule has 0 fully saturated rings. The minimum Gasteiger partial charge on any atom is -0.309 e. The highest BCUT2D eigenvalue weighted by atomic mass is 32.2. The summed E-state index contributed by atoms with van der Waals surface area (Å²) < 4.78 is 24.0. The first-order valence-electron chi connectivity index (χ1n) is 6.78. The molecule has 2 aromatic rings. The molecule has 2 rings (SSSR count). The Kier molecular flexibility index (Phi) is 6.02. The first kappa shape index (κ1) is 16.3. The standard InChI is InChI=1S/C15H19FN2OS2/c1-11(7-8-21(2)19)17-9-14-10-20-15(18-14)12-3-5-13(16)6-4-12/h3-6,10-11,17H,7-9H2,1-2H3. The second-order valence-electron chi connectivity index (χ2n) is 5.00. The van der Waals surface area contributed by atoms with E-state index < -0.39 is 10.8 Å². The van der Waals surface area contributed by atoms with Crippen LogP contribution < -0.4 is 5.32 Å². The van der Waals surface area contributed by atoms with E-state index in [0.29, 0.717) is 18.3 Å². The quantitative estimate of drug-likeness (QED) is 0.849. The Morgan fingerprint density at radius 2 is 2.10 bits per heavy atom. The lowest BCUT2D eigenvalue weighted by Crippen LogP contribution is -2.27. The molecule has 1 N–H and O–H groups in total. The van der Waals surface area contributed by atoms with Crippen LogP contribution in [0.15, 0.2) is 29.6 Å². The molecule has 2 unspecified atom stereocenters. The van der Waals surface area contributed by atoms with Gasteiger partial charge in [0.15, 0.2) is 0 Å². The molecule has 6 heteroatoms. The topological polar surface area (TPSA) is 42.0 Å². The summed E-state index contributed by atoms with van der Waals surface area (Å²) >= 11 is 1.56. The van der Waals surface area contributed by atoms with E-state index in [-0.39, 0.29) is 5.82 Å². The van der Waals surface area contributed by atoms with Crippen molar-refractivity contribution in [2.45, 2.75) is 25.9 Å². The zero-order valence-corrected chi connectivity index (χ0v) is 13.8. The molecule has 21 heavy (non-hydrogen) atoms. The van der Waals surface area contributed by atoms with E-state index in [1.54, 1.807) is 29.7 Å². The van der Waals surface area contributed by atoms with Crippen LogP contribution in [0.1, 0.15) is 19.0 Å². The second-order valence-corrected chi connectivity index (χ2v) is 7.41. The predicted molar refractivity (Wildman–Crippen MR) is 87.4 cm³/mol. The normalized spacial score (nSPS) is 14.0. The molecule has 0 saturated carbocycles. The molecule has 1 aromatic heterocycles. The van der Waals surface area contributed by atoms with Crippen molar-refractivity contribution in [2.24, 2.45) is 0 Å². The molecule has 0 radical (unpaired) electrons. The van der Waals surface area contributed by atoms with Crippen molar-refractivity contribution in [2.75, 3.05) is 12.0 Å². The van der Waals surface area contributed by atoms with Gasteiger partial charge in [-0.15, -0.1) is 11.3 Å². The number of hydrogen-bond acceptors (Lipinski definition) is 4. The monoisotopic (exact) mass is 326 g/mol. The van der Waals surface area contributed by atoms with E-state index >= 15 is 0 Å². The first-order valence-corrected chi connectivity index (χ1v) is 9.39. The number of aromatic nitrogens is 1. The Hall–Kier alpha value is -1.11. The lowest BCUT2D eigenvalue weighted by atomic mass is 10.2. The second kappa shape index (κ2) is 7.77. The number of thiazole rings is 1. The van der Waals surface area contributed by atoms with E-state index in [1.807, 2.05) is 5.38 Å². The van der Waals surface area contributed by atoms with Crippen LogP contribution in [0, 0.1) is 5.82 Å². The highest BCUT2D eigenvalue weighted by Crippen LogP contribution is 2.23. The molecule has 0 saturated heterocycles. The number of rotatable bonds is 7. The van der Waals surface area contributed by atoms with Gasteiger partial charge in [-0.3, -0.25) is 4.21 Å². The molecule has 0 bridgehead atoms. The van der Waals surface area contributed by atoms with E-state index in [4.69, 9.17) is 0 Å². The van der Waals surface area contributed by atoms with E-state index in [9.17, 15) is 8.60 Å². The molecule has 3 nitrogen and oxygen atoms in total.